The molecule has 2 aromatic rings. The number of nitrogens with zero attached hydrogens (tertiary/aromatic N) is 2. The number of hydrogen-bond donors (Lipinski definition) is 1. The second-order valence-corrected chi connectivity index (χ2v) is 7.91. The SMILES string of the molecule is CC(=O)Oc1ccc(C2/C(=C(/O)c3cccc(Cl)c3)C(=O)C(=O)N2CCN(C)C)cc1. The number of likely N-dealkylation sites (N-methyl/N-ethyl adjacent to an activating group) is 1. The molecule has 31 heavy (non-hydrogen) atoms. The predicted molar refractivity (Wildman–Crippen MR) is 117 cm³/mol. The van der Waals surface area contributed by atoms with Crippen molar-refractivity contribution < 1.29 is 24.2 Å². The van der Waals surface area contributed by atoms with E-state index in [4.69, 9.17) is 16.3 Å². The van der Waals surface area contributed by atoms with Crippen LogP contribution >= 0.6 is 11.6 Å². The topological polar surface area (TPSA) is 87.1 Å². The van der Waals surface area contributed by atoms with E-state index in [2.05, 4.69) is 0 Å². The fourth-order valence-electron chi connectivity index (χ4n) is 3.44. The third-order valence-electron chi connectivity index (χ3n) is 4.88. The van der Waals surface area contributed by atoms with E-state index in [1.807, 2.05) is 19.0 Å². The summed E-state index contributed by atoms with van der Waals surface area (Å²) in [6.45, 7) is 2.13. The van der Waals surface area contributed by atoms with Crippen LogP contribution in [0.1, 0.15) is 24.1 Å². The monoisotopic (exact) mass is 442 g/mol. The zero-order chi connectivity index (χ0) is 22.7. The highest BCUT2D eigenvalue weighted by Gasteiger charge is 2.45. The average Bonchev–Trinajstić information content (AvgIpc) is 2.96. The van der Waals surface area contributed by atoms with Crippen molar-refractivity contribution in [1.29, 1.82) is 0 Å². The van der Waals surface area contributed by atoms with Crippen LogP contribution in [-0.2, 0) is 14.4 Å². The summed E-state index contributed by atoms with van der Waals surface area (Å²) in [5.74, 6) is -1.84. The van der Waals surface area contributed by atoms with Crippen LogP contribution in [0.3, 0.4) is 0 Å². The molecule has 0 saturated carbocycles. The first-order valence-electron chi connectivity index (χ1n) is 9.66. The van der Waals surface area contributed by atoms with E-state index >= 15 is 0 Å². The molecule has 7 nitrogen and oxygen atoms in total. The zero-order valence-electron chi connectivity index (χ0n) is 17.5. The number of aliphatic hydroxyl groups excluding tert-OH is 1. The van der Waals surface area contributed by atoms with Crippen molar-refractivity contribution in [1.82, 2.24) is 9.80 Å². The Bertz CT molecular complexity index is 1050. The van der Waals surface area contributed by atoms with Gasteiger partial charge in [-0.15, -0.1) is 0 Å². The lowest BCUT2D eigenvalue weighted by atomic mass is 9.95. The van der Waals surface area contributed by atoms with Gasteiger partial charge in [0.15, 0.2) is 0 Å². The molecule has 162 valence electrons. The number of carbonyl (C=O) groups is 3. The molecule has 2 aromatic carbocycles. The van der Waals surface area contributed by atoms with E-state index in [0.717, 1.165) is 0 Å². The number of halogens is 1. The van der Waals surface area contributed by atoms with E-state index < -0.39 is 23.7 Å². The molecule has 1 aliphatic rings. The molecule has 1 saturated heterocycles. The quantitative estimate of drug-likeness (QED) is 0.243. The van der Waals surface area contributed by atoms with Gasteiger partial charge in [0.2, 0.25) is 0 Å². The average molecular weight is 443 g/mol. The van der Waals surface area contributed by atoms with Crippen LogP contribution in [0.25, 0.3) is 5.76 Å². The van der Waals surface area contributed by atoms with Crippen molar-refractivity contribution in [2.45, 2.75) is 13.0 Å². The maximum atomic E-state index is 12.9. The molecular weight excluding hydrogens is 420 g/mol. The van der Waals surface area contributed by atoms with Gasteiger partial charge in [0.25, 0.3) is 11.7 Å². The number of rotatable bonds is 6. The number of hydrogen-bond acceptors (Lipinski definition) is 6. The first-order valence-corrected chi connectivity index (χ1v) is 10.0. The van der Waals surface area contributed by atoms with E-state index in [-0.39, 0.29) is 11.3 Å². The third-order valence-corrected chi connectivity index (χ3v) is 5.12. The van der Waals surface area contributed by atoms with Crippen LogP contribution < -0.4 is 4.74 Å². The molecule has 1 atom stereocenters. The molecular formula is C23H23ClN2O5. The lowest BCUT2D eigenvalue weighted by Gasteiger charge is -2.26. The molecule has 1 N–H and O–H groups in total. The highest BCUT2D eigenvalue weighted by atomic mass is 35.5. The van der Waals surface area contributed by atoms with E-state index in [1.54, 1.807) is 42.5 Å². The zero-order valence-corrected chi connectivity index (χ0v) is 18.2. The Balaban J connectivity index is 2.11. The summed E-state index contributed by atoms with van der Waals surface area (Å²) in [6, 6.07) is 12.2. The second-order valence-electron chi connectivity index (χ2n) is 7.47. The molecule has 0 aromatic heterocycles. The first kappa shape index (κ1) is 22.5. The van der Waals surface area contributed by atoms with Gasteiger partial charge in [-0.2, -0.15) is 0 Å². The summed E-state index contributed by atoms with van der Waals surface area (Å²) in [6.07, 6.45) is 0. The fourth-order valence-corrected chi connectivity index (χ4v) is 3.63. The summed E-state index contributed by atoms with van der Waals surface area (Å²) in [5.41, 5.74) is 0.948. The Morgan fingerprint density at radius 3 is 2.42 bits per heavy atom. The number of esters is 1. The number of ketones is 1. The number of aliphatic hydroxyl groups is 1. The van der Waals surface area contributed by atoms with Crippen molar-refractivity contribution in [2.75, 3.05) is 27.2 Å². The Morgan fingerprint density at radius 1 is 1.16 bits per heavy atom. The number of Topliss-reactive ketones (excluding diaryl/α,β-unsaturated/α-hetero) is 1. The van der Waals surface area contributed by atoms with Gasteiger partial charge in [-0.05, 0) is 43.9 Å². The van der Waals surface area contributed by atoms with Gasteiger partial charge in [-0.3, -0.25) is 14.4 Å². The molecule has 1 amide bonds. The van der Waals surface area contributed by atoms with Gasteiger partial charge in [-0.1, -0.05) is 35.9 Å². The number of ether oxygens (including phenoxy) is 1. The molecule has 8 heteroatoms. The molecule has 0 spiro atoms. The molecule has 1 fully saturated rings. The van der Waals surface area contributed by atoms with Crippen molar-refractivity contribution >= 4 is 35.0 Å². The highest BCUT2D eigenvalue weighted by Crippen LogP contribution is 2.39. The number of amides is 1. The lowest BCUT2D eigenvalue weighted by molar-refractivity contribution is -0.140. The number of likely N-dealkylation sites (tertiary alicyclic amines) is 1. The highest BCUT2D eigenvalue weighted by molar-refractivity contribution is 6.46. The molecule has 1 heterocycles. The molecule has 0 radical (unpaired) electrons. The van der Waals surface area contributed by atoms with Gasteiger partial charge in [-0.25, -0.2) is 0 Å². The second kappa shape index (κ2) is 9.32. The minimum atomic E-state index is -0.787. The largest absolute Gasteiger partial charge is 0.507 e. The number of benzene rings is 2. The summed E-state index contributed by atoms with van der Waals surface area (Å²) in [7, 11) is 3.73. The van der Waals surface area contributed by atoms with E-state index in [9.17, 15) is 19.5 Å². The first-order chi connectivity index (χ1) is 14.7. The van der Waals surface area contributed by atoms with Crippen molar-refractivity contribution in [3.05, 3.63) is 70.3 Å². The maximum Gasteiger partial charge on any atom is 0.308 e. The molecule has 1 unspecified atom stereocenters. The van der Waals surface area contributed by atoms with E-state index in [1.165, 1.54) is 17.9 Å². The van der Waals surface area contributed by atoms with Gasteiger partial charge >= 0.3 is 5.97 Å². The van der Waals surface area contributed by atoms with Crippen LogP contribution in [-0.4, -0.2) is 59.8 Å². The third kappa shape index (κ3) is 4.95. The van der Waals surface area contributed by atoms with Crippen LogP contribution in [0, 0.1) is 0 Å². The standard InChI is InChI=1S/C23H23ClN2O5/c1-14(27)31-18-9-7-15(8-10-18)20-19(21(28)16-5-4-6-17(24)13-16)22(29)23(30)26(20)12-11-25(2)3/h4-10,13,20,28H,11-12H2,1-3H3/b21-19-. The Morgan fingerprint density at radius 2 is 1.84 bits per heavy atom. The van der Waals surface area contributed by atoms with Crippen molar-refractivity contribution in [3.8, 4) is 5.75 Å². The van der Waals surface area contributed by atoms with Crippen molar-refractivity contribution in [2.24, 2.45) is 0 Å². The van der Waals surface area contributed by atoms with E-state index in [0.29, 0.717) is 35.0 Å². The van der Waals surface area contributed by atoms with Crippen molar-refractivity contribution in [3.63, 3.8) is 0 Å². The molecule has 1 aliphatic heterocycles. The van der Waals surface area contributed by atoms with Crippen LogP contribution in [0.15, 0.2) is 54.1 Å². The molecule has 0 bridgehead atoms. The molecule has 3 rings (SSSR count). The van der Waals surface area contributed by atoms with Crippen LogP contribution in [0.5, 0.6) is 5.75 Å². The van der Waals surface area contributed by atoms with Crippen LogP contribution in [0.2, 0.25) is 5.02 Å². The summed E-state index contributed by atoms with van der Waals surface area (Å²) in [4.78, 5) is 40.3. The Kier molecular flexibility index (Phi) is 6.77. The maximum absolute atomic E-state index is 12.9. The van der Waals surface area contributed by atoms with Gasteiger partial charge in [0.1, 0.15) is 11.5 Å². The molecule has 0 aliphatic carbocycles. The Labute approximate surface area is 185 Å². The van der Waals surface area contributed by atoms with Gasteiger partial charge in [0.05, 0.1) is 11.6 Å². The van der Waals surface area contributed by atoms with Gasteiger partial charge < -0.3 is 19.6 Å². The Hall–Kier alpha value is -3.16. The minimum Gasteiger partial charge on any atom is -0.507 e. The summed E-state index contributed by atoms with van der Waals surface area (Å²) >= 11 is 6.04. The normalized spacial score (nSPS) is 18.0. The summed E-state index contributed by atoms with van der Waals surface area (Å²) < 4.78 is 5.07. The number of carbonyl (C=O) groups excluding carboxylic acids is 3. The lowest BCUT2D eigenvalue weighted by Crippen LogP contribution is -2.35. The predicted octanol–water partition coefficient (Wildman–Crippen LogP) is 3.25. The smallest absolute Gasteiger partial charge is 0.308 e. The van der Waals surface area contributed by atoms with Gasteiger partial charge in [0, 0.05) is 30.6 Å². The summed E-state index contributed by atoms with van der Waals surface area (Å²) in [5, 5.41) is 11.4. The van der Waals surface area contributed by atoms with Crippen LogP contribution in [0.4, 0.5) is 0 Å². The minimum absolute atomic E-state index is 0.00809. The fraction of sp³-hybridized carbons (Fsp3) is 0.261.